The smallest absolute Gasteiger partial charge is 0.349 e. The van der Waals surface area contributed by atoms with E-state index in [1.807, 2.05) is 0 Å². The normalized spacial score (nSPS) is 13.9. The highest BCUT2D eigenvalue weighted by atomic mass is 19.1. The average Bonchev–Trinajstić information content (AvgIpc) is 2.88. The number of para-hydroxylation sites is 1. The van der Waals surface area contributed by atoms with E-state index in [0.29, 0.717) is 36.1 Å². The molecule has 4 aromatic rings. The molecule has 2 aromatic carbocycles. The third-order valence-electron chi connectivity index (χ3n) is 6.50. The van der Waals surface area contributed by atoms with Crippen molar-refractivity contribution in [2.24, 2.45) is 0 Å². The number of piperazine rings is 1. The minimum absolute atomic E-state index is 0.00477. The Morgan fingerprint density at radius 3 is 2.44 bits per heavy atom. The first-order chi connectivity index (χ1) is 17.3. The summed E-state index contributed by atoms with van der Waals surface area (Å²) in [7, 11) is 0. The van der Waals surface area contributed by atoms with Crippen molar-refractivity contribution in [3.8, 4) is 0 Å². The Morgan fingerprint density at radius 2 is 1.75 bits per heavy atom. The molecule has 1 saturated heterocycles. The van der Waals surface area contributed by atoms with Crippen LogP contribution in [0.2, 0.25) is 0 Å². The number of carbonyl (C=O) groups excluding carboxylic acids is 1. The summed E-state index contributed by atoms with van der Waals surface area (Å²) in [4.78, 5) is 52.7. The van der Waals surface area contributed by atoms with Crippen molar-refractivity contribution in [3.05, 3.63) is 86.2 Å². The number of nitrogens with zero attached hydrogens (tertiary/aromatic N) is 3. The lowest BCUT2D eigenvalue weighted by molar-refractivity contribution is 0.0693. The number of aromatic carboxylic acids is 1. The van der Waals surface area contributed by atoms with Gasteiger partial charge in [-0.1, -0.05) is 18.2 Å². The summed E-state index contributed by atoms with van der Waals surface area (Å²) in [6, 6.07) is 11.1. The van der Waals surface area contributed by atoms with Gasteiger partial charge in [0.15, 0.2) is 0 Å². The third kappa shape index (κ3) is 3.90. The van der Waals surface area contributed by atoms with Gasteiger partial charge >= 0.3 is 11.6 Å². The van der Waals surface area contributed by atoms with Crippen molar-refractivity contribution in [2.75, 3.05) is 31.1 Å². The number of aromatic nitrogens is 1. The van der Waals surface area contributed by atoms with E-state index in [9.17, 15) is 24.3 Å². The highest BCUT2D eigenvalue weighted by Crippen LogP contribution is 2.27. The molecule has 1 aliphatic heterocycles. The molecule has 5 rings (SSSR count). The number of hydrogen-bond acceptors (Lipinski definition) is 6. The first-order valence-electron chi connectivity index (χ1n) is 11.5. The minimum Gasteiger partial charge on any atom is -0.477 e. The molecular weight excluding hydrogens is 469 g/mol. The summed E-state index contributed by atoms with van der Waals surface area (Å²) < 4.78 is 22.0. The second-order valence-corrected chi connectivity index (χ2v) is 8.55. The number of rotatable bonds is 4. The molecule has 3 heterocycles. The molecule has 1 N–H and O–H groups in total. The Kier molecular flexibility index (Phi) is 5.79. The maximum atomic E-state index is 15.1. The lowest BCUT2D eigenvalue weighted by Gasteiger charge is -2.36. The zero-order chi connectivity index (χ0) is 25.6. The van der Waals surface area contributed by atoms with Crippen LogP contribution in [0.25, 0.3) is 21.9 Å². The first-order valence-corrected chi connectivity index (χ1v) is 11.5. The van der Waals surface area contributed by atoms with Gasteiger partial charge in [-0.05, 0) is 31.2 Å². The van der Waals surface area contributed by atoms with Crippen LogP contribution in [-0.2, 0) is 6.54 Å². The predicted octanol–water partition coefficient (Wildman–Crippen LogP) is 2.93. The summed E-state index contributed by atoms with van der Waals surface area (Å²) in [6.07, 6.45) is 1.26. The fraction of sp³-hybridized carbons (Fsp3) is 0.231. The Hall–Kier alpha value is -4.47. The van der Waals surface area contributed by atoms with Crippen LogP contribution in [0.5, 0.6) is 0 Å². The first kappa shape index (κ1) is 23.3. The van der Waals surface area contributed by atoms with Gasteiger partial charge in [0.05, 0.1) is 11.2 Å². The average molecular weight is 491 g/mol. The predicted molar refractivity (Wildman–Crippen MR) is 131 cm³/mol. The van der Waals surface area contributed by atoms with Gasteiger partial charge in [0, 0.05) is 49.7 Å². The number of hydrogen-bond donors (Lipinski definition) is 1. The monoisotopic (exact) mass is 491 g/mol. The highest BCUT2D eigenvalue weighted by Gasteiger charge is 2.27. The summed E-state index contributed by atoms with van der Waals surface area (Å²) >= 11 is 0. The molecule has 0 spiro atoms. The molecular formula is C26H22FN3O6. The van der Waals surface area contributed by atoms with Gasteiger partial charge in [-0.3, -0.25) is 9.59 Å². The van der Waals surface area contributed by atoms with E-state index < -0.39 is 34.3 Å². The fourth-order valence-corrected chi connectivity index (χ4v) is 4.59. The molecule has 0 unspecified atom stereocenters. The maximum Gasteiger partial charge on any atom is 0.349 e. The Labute approximate surface area is 203 Å². The molecule has 10 heteroatoms. The second kappa shape index (κ2) is 8.95. The number of fused-ring (bicyclic) bond motifs is 2. The van der Waals surface area contributed by atoms with Gasteiger partial charge < -0.3 is 23.9 Å². The molecule has 9 nitrogen and oxygen atoms in total. The quantitative estimate of drug-likeness (QED) is 0.437. The molecule has 0 bridgehead atoms. The number of carboxylic acid groups (broad SMARTS) is 1. The van der Waals surface area contributed by atoms with Crippen molar-refractivity contribution >= 4 is 39.4 Å². The van der Waals surface area contributed by atoms with Gasteiger partial charge in [-0.2, -0.15) is 0 Å². The fourth-order valence-electron chi connectivity index (χ4n) is 4.59. The molecule has 1 aliphatic rings. The zero-order valence-electron chi connectivity index (χ0n) is 19.4. The lowest BCUT2D eigenvalue weighted by atomic mass is 10.1. The van der Waals surface area contributed by atoms with Crippen LogP contribution < -0.4 is 16.0 Å². The van der Waals surface area contributed by atoms with Crippen LogP contribution >= 0.6 is 0 Å². The SMILES string of the molecule is CCn1cc(C(=O)O)c(=O)c2cc(F)c(N3CCN(C(=O)c4cc5ccccc5oc4=O)CC3)cc21. The summed E-state index contributed by atoms with van der Waals surface area (Å²) in [6.45, 7) is 3.29. The molecule has 0 atom stereocenters. The standard InChI is InChI=1S/C26H22FN3O6/c1-2-28-14-18(25(33)34)23(31)16-12-19(27)21(13-20(16)28)29-7-9-30(10-8-29)24(32)17-11-15-5-3-4-6-22(15)36-26(17)35/h3-6,11-14H,2,7-10H2,1H3,(H,33,34). The molecule has 184 valence electrons. The number of pyridine rings is 1. The van der Waals surface area contributed by atoms with Crippen LogP contribution in [0, 0.1) is 5.82 Å². The molecule has 0 aliphatic carbocycles. The Balaban J connectivity index is 1.41. The number of carbonyl (C=O) groups is 2. The Morgan fingerprint density at radius 1 is 1.03 bits per heavy atom. The van der Waals surface area contributed by atoms with E-state index in [1.165, 1.54) is 23.2 Å². The zero-order valence-corrected chi connectivity index (χ0v) is 19.4. The van der Waals surface area contributed by atoms with Crippen molar-refractivity contribution in [1.29, 1.82) is 0 Å². The van der Waals surface area contributed by atoms with E-state index in [2.05, 4.69) is 0 Å². The van der Waals surface area contributed by atoms with Crippen LogP contribution in [-0.4, -0.2) is 52.6 Å². The maximum absolute atomic E-state index is 15.1. The second-order valence-electron chi connectivity index (χ2n) is 8.55. The topological polar surface area (TPSA) is 113 Å². The number of anilines is 1. The molecule has 2 aromatic heterocycles. The number of halogens is 1. The van der Waals surface area contributed by atoms with Gasteiger partial charge in [0.2, 0.25) is 5.43 Å². The van der Waals surface area contributed by atoms with E-state index in [4.69, 9.17) is 4.42 Å². The summed E-state index contributed by atoms with van der Waals surface area (Å²) in [5.41, 5.74) is -0.836. The number of aryl methyl sites for hydroxylation is 1. The van der Waals surface area contributed by atoms with E-state index in [-0.39, 0.29) is 29.7 Å². The van der Waals surface area contributed by atoms with Crippen LogP contribution in [0.15, 0.2) is 62.7 Å². The van der Waals surface area contributed by atoms with E-state index in [0.717, 1.165) is 6.07 Å². The number of amides is 1. The van der Waals surface area contributed by atoms with Crippen LogP contribution in [0.4, 0.5) is 10.1 Å². The molecule has 0 radical (unpaired) electrons. The number of carboxylic acids is 1. The summed E-state index contributed by atoms with van der Waals surface area (Å²) in [5.74, 6) is -2.47. The van der Waals surface area contributed by atoms with Crippen molar-refractivity contribution in [2.45, 2.75) is 13.5 Å². The molecule has 0 saturated carbocycles. The number of benzene rings is 2. The lowest BCUT2D eigenvalue weighted by Crippen LogP contribution is -2.49. The van der Waals surface area contributed by atoms with E-state index >= 15 is 4.39 Å². The van der Waals surface area contributed by atoms with Crippen LogP contribution in [0.1, 0.15) is 27.6 Å². The highest BCUT2D eigenvalue weighted by molar-refractivity contribution is 5.97. The van der Waals surface area contributed by atoms with E-state index in [1.54, 1.807) is 40.7 Å². The summed E-state index contributed by atoms with van der Waals surface area (Å²) in [5, 5.41) is 9.96. The molecule has 1 amide bonds. The molecule has 1 fully saturated rings. The molecule has 36 heavy (non-hydrogen) atoms. The largest absolute Gasteiger partial charge is 0.477 e. The van der Waals surface area contributed by atoms with Crippen molar-refractivity contribution < 1.29 is 23.5 Å². The van der Waals surface area contributed by atoms with Crippen LogP contribution in [0.3, 0.4) is 0 Å². The van der Waals surface area contributed by atoms with Gasteiger partial charge in [0.1, 0.15) is 22.5 Å². The van der Waals surface area contributed by atoms with Gasteiger partial charge in [-0.25, -0.2) is 14.0 Å². The van der Waals surface area contributed by atoms with Gasteiger partial charge in [-0.15, -0.1) is 0 Å². The van der Waals surface area contributed by atoms with Crippen molar-refractivity contribution in [3.63, 3.8) is 0 Å². The van der Waals surface area contributed by atoms with Crippen molar-refractivity contribution in [1.82, 2.24) is 9.47 Å². The minimum atomic E-state index is -1.37. The van der Waals surface area contributed by atoms with Gasteiger partial charge in [0.25, 0.3) is 5.91 Å². The third-order valence-corrected chi connectivity index (χ3v) is 6.50. The Bertz CT molecular complexity index is 1650.